The largest absolute Gasteiger partial charge is 0.380 e. The van der Waals surface area contributed by atoms with Crippen molar-refractivity contribution in [3.8, 4) is 0 Å². The standard InChI is InChI=1S/C15H26ClN3O/c1-5-7-9-12(8-6-2)18-13-10-17-19(11(3)4)15(20)14(13)16/h10-12,18H,5-9H2,1-4H3. The SMILES string of the molecule is CCCCC(CCC)Nc1cnn(C(C)C)c(=O)c1Cl. The fraction of sp³-hybridized carbons (Fsp3) is 0.733. The lowest BCUT2D eigenvalue weighted by molar-refractivity contribution is 0.502. The van der Waals surface area contributed by atoms with Crippen LogP contribution in [0, 0.1) is 0 Å². The molecule has 0 amide bonds. The molecule has 0 radical (unpaired) electrons. The van der Waals surface area contributed by atoms with Crippen LogP contribution in [0.1, 0.15) is 65.8 Å². The summed E-state index contributed by atoms with van der Waals surface area (Å²) < 4.78 is 1.41. The van der Waals surface area contributed by atoms with Crippen LogP contribution in [0.15, 0.2) is 11.0 Å². The van der Waals surface area contributed by atoms with Crippen LogP contribution in [0.3, 0.4) is 0 Å². The Hall–Kier alpha value is -1.03. The van der Waals surface area contributed by atoms with Gasteiger partial charge in [0.05, 0.1) is 17.9 Å². The van der Waals surface area contributed by atoms with Gasteiger partial charge in [-0.25, -0.2) is 4.68 Å². The molecular weight excluding hydrogens is 274 g/mol. The van der Waals surface area contributed by atoms with Crippen molar-refractivity contribution in [1.29, 1.82) is 0 Å². The van der Waals surface area contributed by atoms with Gasteiger partial charge in [-0.15, -0.1) is 0 Å². The summed E-state index contributed by atoms with van der Waals surface area (Å²) in [5.41, 5.74) is 0.431. The van der Waals surface area contributed by atoms with E-state index in [1.165, 1.54) is 17.5 Å². The van der Waals surface area contributed by atoms with Crippen LogP contribution < -0.4 is 10.9 Å². The van der Waals surface area contributed by atoms with E-state index < -0.39 is 0 Å². The minimum absolute atomic E-state index is 0.0144. The molecule has 1 N–H and O–H groups in total. The molecule has 0 fully saturated rings. The normalized spacial score (nSPS) is 12.7. The van der Waals surface area contributed by atoms with Crippen molar-refractivity contribution in [3.63, 3.8) is 0 Å². The van der Waals surface area contributed by atoms with Crippen molar-refractivity contribution in [3.05, 3.63) is 21.6 Å². The third kappa shape index (κ3) is 4.51. The Morgan fingerprint density at radius 1 is 1.30 bits per heavy atom. The van der Waals surface area contributed by atoms with Gasteiger partial charge >= 0.3 is 0 Å². The van der Waals surface area contributed by atoms with E-state index in [0.717, 1.165) is 19.3 Å². The second-order valence-electron chi connectivity index (χ2n) is 5.49. The number of nitrogens with zero attached hydrogens (tertiary/aromatic N) is 2. The average Bonchev–Trinajstić information content (AvgIpc) is 2.41. The van der Waals surface area contributed by atoms with Gasteiger partial charge in [-0.1, -0.05) is 44.7 Å². The average molecular weight is 300 g/mol. The molecule has 0 aliphatic rings. The molecule has 1 unspecified atom stereocenters. The molecule has 0 aliphatic carbocycles. The monoisotopic (exact) mass is 299 g/mol. The number of nitrogens with one attached hydrogen (secondary N) is 1. The predicted octanol–water partition coefficient (Wildman–Crippen LogP) is 4.25. The molecule has 0 spiro atoms. The molecule has 0 aromatic carbocycles. The fourth-order valence-corrected chi connectivity index (χ4v) is 2.41. The Kier molecular flexibility index (Phi) is 7.06. The number of hydrogen-bond acceptors (Lipinski definition) is 3. The van der Waals surface area contributed by atoms with Gasteiger partial charge in [0.15, 0.2) is 0 Å². The Balaban J connectivity index is 2.90. The van der Waals surface area contributed by atoms with E-state index in [0.29, 0.717) is 11.7 Å². The van der Waals surface area contributed by atoms with Crippen molar-refractivity contribution in [2.24, 2.45) is 0 Å². The zero-order valence-electron chi connectivity index (χ0n) is 12.9. The molecule has 1 aromatic rings. The Morgan fingerprint density at radius 3 is 2.55 bits per heavy atom. The van der Waals surface area contributed by atoms with Crippen LogP contribution in [-0.2, 0) is 0 Å². The predicted molar refractivity (Wildman–Crippen MR) is 85.7 cm³/mol. The highest BCUT2D eigenvalue weighted by Gasteiger charge is 2.14. The highest BCUT2D eigenvalue weighted by atomic mass is 35.5. The van der Waals surface area contributed by atoms with Crippen molar-refractivity contribution < 1.29 is 0 Å². The topological polar surface area (TPSA) is 46.9 Å². The van der Waals surface area contributed by atoms with Crippen molar-refractivity contribution in [1.82, 2.24) is 9.78 Å². The molecule has 0 bridgehead atoms. The van der Waals surface area contributed by atoms with Gasteiger partial charge in [0.2, 0.25) is 0 Å². The van der Waals surface area contributed by atoms with Crippen LogP contribution in [0.2, 0.25) is 5.02 Å². The maximum Gasteiger partial charge on any atom is 0.287 e. The van der Waals surface area contributed by atoms with Gasteiger partial charge in [-0.05, 0) is 26.7 Å². The molecule has 0 saturated heterocycles. The zero-order chi connectivity index (χ0) is 15.1. The molecule has 5 heteroatoms. The summed E-state index contributed by atoms with van der Waals surface area (Å²) in [5, 5.41) is 7.81. The summed E-state index contributed by atoms with van der Waals surface area (Å²) >= 11 is 6.18. The van der Waals surface area contributed by atoms with E-state index in [1.807, 2.05) is 13.8 Å². The lowest BCUT2D eigenvalue weighted by Gasteiger charge is -2.20. The fourth-order valence-electron chi connectivity index (χ4n) is 2.22. The number of anilines is 1. The van der Waals surface area contributed by atoms with Gasteiger partial charge in [0.1, 0.15) is 5.02 Å². The molecule has 20 heavy (non-hydrogen) atoms. The lowest BCUT2D eigenvalue weighted by Crippen LogP contribution is -2.27. The van der Waals surface area contributed by atoms with E-state index in [2.05, 4.69) is 24.3 Å². The van der Waals surface area contributed by atoms with Gasteiger partial charge in [0.25, 0.3) is 5.56 Å². The first-order valence-electron chi connectivity index (χ1n) is 7.55. The van der Waals surface area contributed by atoms with E-state index in [9.17, 15) is 4.79 Å². The van der Waals surface area contributed by atoms with Gasteiger partial charge < -0.3 is 5.32 Å². The Labute approximate surface area is 126 Å². The van der Waals surface area contributed by atoms with Crippen LogP contribution in [0.4, 0.5) is 5.69 Å². The smallest absolute Gasteiger partial charge is 0.287 e. The molecule has 1 rings (SSSR count). The van der Waals surface area contributed by atoms with Crippen LogP contribution in [-0.4, -0.2) is 15.8 Å². The van der Waals surface area contributed by atoms with Crippen molar-refractivity contribution >= 4 is 17.3 Å². The summed E-state index contributed by atoms with van der Waals surface area (Å²) in [6.45, 7) is 8.18. The minimum Gasteiger partial charge on any atom is -0.380 e. The number of aromatic nitrogens is 2. The minimum atomic E-state index is -0.225. The van der Waals surface area contributed by atoms with Crippen molar-refractivity contribution in [2.75, 3.05) is 5.32 Å². The lowest BCUT2D eigenvalue weighted by atomic mass is 10.1. The number of rotatable bonds is 8. The van der Waals surface area contributed by atoms with Crippen LogP contribution >= 0.6 is 11.6 Å². The number of halogens is 1. The summed E-state index contributed by atoms with van der Waals surface area (Å²) in [5.74, 6) is 0. The Bertz CT molecular complexity index is 471. The van der Waals surface area contributed by atoms with Gasteiger partial charge in [-0.3, -0.25) is 4.79 Å². The molecule has 1 heterocycles. The second kappa shape index (κ2) is 8.30. The van der Waals surface area contributed by atoms with Gasteiger partial charge in [-0.2, -0.15) is 5.10 Å². The van der Waals surface area contributed by atoms with E-state index in [-0.39, 0.29) is 16.6 Å². The number of unbranched alkanes of at least 4 members (excludes halogenated alkanes) is 1. The van der Waals surface area contributed by atoms with E-state index in [1.54, 1.807) is 6.20 Å². The molecular formula is C15H26ClN3O. The zero-order valence-corrected chi connectivity index (χ0v) is 13.7. The Morgan fingerprint density at radius 2 is 2.00 bits per heavy atom. The van der Waals surface area contributed by atoms with Gasteiger partial charge in [0, 0.05) is 6.04 Å². The first kappa shape index (κ1) is 17.0. The molecule has 0 aliphatic heterocycles. The summed E-state index contributed by atoms with van der Waals surface area (Å²) in [6, 6.07) is 0.370. The number of hydrogen-bond donors (Lipinski definition) is 1. The summed E-state index contributed by atoms with van der Waals surface area (Å²) in [7, 11) is 0. The summed E-state index contributed by atoms with van der Waals surface area (Å²) in [6.07, 6.45) is 7.28. The quantitative estimate of drug-likeness (QED) is 0.780. The van der Waals surface area contributed by atoms with Crippen molar-refractivity contribution in [2.45, 2.75) is 71.9 Å². The van der Waals surface area contributed by atoms with E-state index >= 15 is 0 Å². The molecule has 0 saturated carbocycles. The van der Waals surface area contributed by atoms with E-state index in [4.69, 9.17) is 11.6 Å². The third-order valence-corrected chi connectivity index (χ3v) is 3.70. The molecule has 1 aromatic heterocycles. The third-order valence-electron chi connectivity index (χ3n) is 3.34. The van der Waals surface area contributed by atoms with Crippen LogP contribution in [0.5, 0.6) is 0 Å². The molecule has 4 nitrogen and oxygen atoms in total. The maximum absolute atomic E-state index is 12.1. The first-order valence-corrected chi connectivity index (χ1v) is 7.92. The molecule has 114 valence electrons. The molecule has 1 atom stereocenters. The highest BCUT2D eigenvalue weighted by molar-refractivity contribution is 6.32. The summed E-state index contributed by atoms with van der Waals surface area (Å²) in [4.78, 5) is 12.1. The van der Waals surface area contributed by atoms with Crippen LogP contribution in [0.25, 0.3) is 0 Å². The maximum atomic E-state index is 12.1. The highest BCUT2D eigenvalue weighted by Crippen LogP contribution is 2.20. The first-order chi connectivity index (χ1) is 9.51. The second-order valence-corrected chi connectivity index (χ2v) is 5.87.